The van der Waals surface area contributed by atoms with E-state index in [0.717, 1.165) is 32.1 Å². The average molecular weight is 389 g/mol. The summed E-state index contributed by atoms with van der Waals surface area (Å²) < 4.78 is 0. The summed E-state index contributed by atoms with van der Waals surface area (Å²) in [5, 5.41) is 23.8. The van der Waals surface area contributed by atoms with Crippen LogP contribution in [0.1, 0.15) is 37.7 Å². The van der Waals surface area contributed by atoms with Crippen molar-refractivity contribution in [2.24, 2.45) is 0 Å². The molecule has 7 nitrogen and oxygen atoms in total. The minimum atomic E-state index is -0.871. The van der Waals surface area contributed by atoms with Crippen LogP contribution in [0.2, 0.25) is 0 Å². The summed E-state index contributed by atoms with van der Waals surface area (Å²) in [4.78, 5) is 40.7. The predicted octanol–water partition coefficient (Wildman–Crippen LogP) is 1.66. The SMILES string of the molecule is N=C1C(=O)C(=O)C(NC2CCCCC2)=c2c1cc1cccc3c(O)[nH]c(=O)c2c13. The third-order valence-electron chi connectivity index (χ3n) is 6.01. The Labute approximate surface area is 164 Å². The maximum Gasteiger partial charge on any atom is 0.259 e. The third-order valence-corrected chi connectivity index (χ3v) is 6.01. The van der Waals surface area contributed by atoms with Crippen LogP contribution in [-0.4, -0.2) is 33.4 Å². The molecule has 2 aliphatic carbocycles. The van der Waals surface area contributed by atoms with Crippen molar-refractivity contribution in [2.75, 3.05) is 0 Å². The van der Waals surface area contributed by atoms with Gasteiger partial charge in [0, 0.05) is 27.6 Å². The maximum absolute atomic E-state index is 12.9. The molecule has 1 fully saturated rings. The van der Waals surface area contributed by atoms with Crippen LogP contribution in [0.5, 0.6) is 5.88 Å². The van der Waals surface area contributed by atoms with Gasteiger partial charge in [-0.3, -0.25) is 24.8 Å². The zero-order valence-corrected chi connectivity index (χ0v) is 15.6. The van der Waals surface area contributed by atoms with Crippen LogP contribution in [0.15, 0.2) is 29.1 Å². The molecule has 1 aromatic heterocycles. The smallest absolute Gasteiger partial charge is 0.259 e. The molecule has 5 rings (SSSR count). The molecule has 1 heterocycles. The van der Waals surface area contributed by atoms with Gasteiger partial charge in [0.15, 0.2) is 5.88 Å². The van der Waals surface area contributed by atoms with Gasteiger partial charge >= 0.3 is 0 Å². The van der Waals surface area contributed by atoms with Crippen molar-refractivity contribution in [1.82, 2.24) is 10.3 Å². The van der Waals surface area contributed by atoms with Gasteiger partial charge in [0.25, 0.3) is 17.1 Å². The highest BCUT2D eigenvalue weighted by Gasteiger charge is 2.34. The molecule has 1 saturated carbocycles. The number of aromatic hydroxyl groups is 1. The largest absolute Gasteiger partial charge is 0.494 e. The van der Waals surface area contributed by atoms with Crippen LogP contribution in [0.3, 0.4) is 0 Å². The molecule has 2 aliphatic rings. The zero-order valence-electron chi connectivity index (χ0n) is 15.6. The highest BCUT2D eigenvalue weighted by Crippen LogP contribution is 2.29. The van der Waals surface area contributed by atoms with E-state index in [2.05, 4.69) is 10.3 Å². The van der Waals surface area contributed by atoms with Gasteiger partial charge in [0.1, 0.15) is 5.71 Å². The molecule has 0 amide bonds. The number of pyridine rings is 1. The molecule has 4 N–H and O–H groups in total. The van der Waals surface area contributed by atoms with E-state index in [9.17, 15) is 19.5 Å². The Balaban J connectivity index is 1.95. The lowest BCUT2D eigenvalue weighted by Gasteiger charge is -2.27. The Morgan fingerprint density at radius 2 is 1.79 bits per heavy atom. The lowest BCUT2D eigenvalue weighted by atomic mass is 9.86. The van der Waals surface area contributed by atoms with Gasteiger partial charge in [-0.25, -0.2) is 0 Å². The number of rotatable bonds is 2. The number of nitrogens with one attached hydrogen (secondary N) is 3. The van der Waals surface area contributed by atoms with Crippen molar-refractivity contribution in [2.45, 2.75) is 38.1 Å². The molecule has 146 valence electrons. The molecule has 3 aromatic rings. The van der Waals surface area contributed by atoms with Crippen molar-refractivity contribution in [3.8, 4) is 5.88 Å². The fourth-order valence-corrected chi connectivity index (χ4v) is 4.63. The molecule has 29 heavy (non-hydrogen) atoms. The van der Waals surface area contributed by atoms with Gasteiger partial charge in [-0.1, -0.05) is 31.4 Å². The lowest BCUT2D eigenvalue weighted by Crippen LogP contribution is -2.46. The van der Waals surface area contributed by atoms with Gasteiger partial charge in [0.2, 0.25) is 0 Å². The number of hydrogen-bond donors (Lipinski definition) is 4. The summed E-state index contributed by atoms with van der Waals surface area (Å²) in [5.74, 6) is -1.90. The Hall–Kier alpha value is -3.48. The molecule has 0 atom stereocenters. The van der Waals surface area contributed by atoms with Gasteiger partial charge in [-0.05, 0) is 30.4 Å². The molecule has 0 unspecified atom stereocenters. The second-order valence-corrected chi connectivity index (χ2v) is 7.77. The minimum Gasteiger partial charge on any atom is -0.494 e. The molecule has 2 aromatic carbocycles. The summed E-state index contributed by atoms with van der Waals surface area (Å²) >= 11 is 0. The van der Waals surface area contributed by atoms with E-state index >= 15 is 0 Å². The van der Waals surface area contributed by atoms with E-state index in [1.807, 2.05) is 0 Å². The van der Waals surface area contributed by atoms with Crippen LogP contribution in [0.25, 0.3) is 27.2 Å². The highest BCUT2D eigenvalue weighted by atomic mass is 16.3. The van der Waals surface area contributed by atoms with Crippen LogP contribution >= 0.6 is 0 Å². The predicted molar refractivity (Wildman–Crippen MR) is 109 cm³/mol. The van der Waals surface area contributed by atoms with E-state index < -0.39 is 22.8 Å². The second-order valence-electron chi connectivity index (χ2n) is 7.77. The molecule has 0 aliphatic heterocycles. The Kier molecular flexibility index (Phi) is 3.81. The lowest BCUT2D eigenvalue weighted by molar-refractivity contribution is -0.129. The van der Waals surface area contributed by atoms with Gasteiger partial charge in [0.05, 0.1) is 11.1 Å². The van der Waals surface area contributed by atoms with Crippen LogP contribution < -0.4 is 16.1 Å². The first kappa shape index (κ1) is 17.6. The number of aromatic amines is 1. The first-order valence-corrected chi connectivity index (χ1v) is 9.76. The molecule has 0 radical (unpaired) electrons. The van der Waals surface area contributed by atoms with E-state index in [1.54, 1.807) is 24.3 Å². The van der Waals surface area contributed by atoms with Gasteiger partial charge < -0.3 is 10.4 Å². The number of fused-ring (bicyclic) bond motifs is 2. The second kappa shape index (κ2) is 6.27. The number of carbonyl (C=O) groups is 2. The fourth-order valence-electron chi connectivity index (χ4n) is 4.63. The number of ketones is 2. The van der Waals surface area contributed by atoms with Crippen molar-refractivity contribution in [3.05, 3.63) is 45.4 Å². The van der Waals surface area contributed by atoms with Crippen LogP contribution in [-0.2, 0) is 9.59 Å². The maximum atomic E-state index is 12.9. The normalized spacial score (nSPS) is 17.9. The molecule has 7 heteroatoms. The Morgan fingerprint density at radius 1 is 1.03 bits per heavy atom. The number of H-pyrrole nitrogens is 1. The summed E-state index contributed by atoms with van der Waals surface area (Å²) in [6, 6.07) is 6.87. The van der Waals surface area contributed by atoms with E-state index in [0.29, 0.717) is 16.2 Å². The first-order chi connectivity index (χ1) is 14.0. The fraction of sp³-hybridized carbons (Fsp3) is 0.273. The first-order valence-electron chi connectivity index (χ1n) is 9.76. The summed E-state index contributed by atoms with van der Waals surface area (Å²) in [6.45, 7) is 0. The molecular formula is C22H19N3O4. The van der Waals surface area contributed by atoms with Crippen molar-refractivity contribution in [1.29, 1.82) is 5.41 Å². The van der Waals surface area contributed by atoms with Gasteiger partial charge in [-0.15, -0.1) is 0 Å². The van der Waals surface area contributed by atoms with E-state index in [-0.39, 0.29) is 33.8 Å². The van der Waals surface area contributed by atoms with E-state index in [1.165, 1.54) is 0 Å². The quantitative estimate of drug-likeness (QED) is 0.497. The van der Waals surface area contributed by atoms with Crippen LogP contribution in [0, 0.1) is 5.41 Å². The van der Waals surface area contributed by atoms with Gasteiger partial charge in [-0.2, -0.15) is 0 Å². The number of Topliss-reactive ketones (excluding diaryl/α,β-unsaturated/α-hetero) is 2. The van der Waals surface area contributed by atoms with Crippen molar-refractivity contribution < 1.29 is 14.7 Å². The zero-order chi connectivity index (χ0) is 20.3. The van der Waals surface area contributed by atoms with Crippen molar-refractivity contribution >= 4 is 44.5 Å². The Bertz CT molecular complexity index is 1350. The Morgan fingerprint density at radius 3 is 2.55 bits per heavy atom. The summed E-state index contributed by atoms with van der Waals surface area (Å²) in [5.41, 5.74) is -0.601. The standard InChI is InChI=1S/C22H19N3O4/c23-17-13-9-10-5-4-8-12-14(10)16(22(29)25-21(12)28)15(13)18(20(27)19(17)26)24-11-6-2-1-3-7-11/h4-5,8-9,11,23-24H,1-3,6-7H2,(H2,25,28,29). The molecule has 0 spiro atoms. The molecule has 0 bridgehead atoms. The molecular weight excluding hydrogens is 370 g/mol. The minimum absolute atomic E-state index is 0.0420. The summed E-state index contributed by atoms with van der Waals surface area (Å²) in [6.07, 6.45) is 4.97. The third kappa shape index (κ3) is 2.50. The highest BCUT2D eigenvalue weighted by molar-refractivity contribution is 6.75. The van der Waals surface area contributed by atoms with Crippen LogP contribution in [0.4, 0.5) is 0 Å². The van der Waals surface area contributed by atoms with Crippen molar-refractivity contribution in [3.63, 3.8) is 0 Å². The number of benzene rings is 2. The van der Waals surface area contributed by atoms with E-state index in [4.69, 9.17) is 5.41 Å². The summed E-state index contributed by atoms with van der Waals surface area (Å²) in [7, 11) is 0. The number of aromatic nitrogens is 1. The topological polar surface area (TPSA) is 123 Å². The number of carbonyl (C=O) groups excluding carboxylic acids is 2. The monoisotopic (exact) mass is 389 g/mol. The average Bonchev–Trinajstić information content (AvgIpc) is 2.73. The molecule has 0 saturated heterocycles. The number of hydrogen-bond acceptors (Lipinski definition) is 6.